The van der Waals surface area contributed by atoms with Gasteiger partial charge in [0.2, 0.25) is 5.82 Å². The van der Waals surface area contributed by atoms with Crippen LogP contribution in [0.15, 0.2) is 64.2 Å². The van der Waals surface area contributed by atoms with E-state index in [1.807, 2.05) is 37.3 Å². The van der Waals surface area contributed by atoms with E-state index in [1.165, 1.54) is 11.3 Å². The highest BCUT2D eigenvalue weighted by atomic mass is 35.5. The third kappa shape index (κ3) is 3.65. The van der Waals surface area contributed by atoms with Crippen LogP contribution < -0.4 is 5.56 Å². The van der Waals surface area contributed by atoms with Gasteiger partial charge >= 0.3 is 0 Å². The average Bonchev–Trinajstić information content (AvgIpc) is 3.37. The molecule has 2 aromatic carbocycles. The molecule has 0 aliphatic heterocycles. The van der Waals surface area contributed by atoms with Gasteiger partial charge in [-0.25, -0.2) is 4.98 Å². The third-order valence-corrected chi connectivity index (χ3v) is 6.69. The van der Waals surface area contributed by atoms with E-state index < -0.39 is 0 Å². The number of thiophene rings is 1. The largest absolute Gasteiger partial charge is 0.333 e. The molecule has 0 aliphatic rings. The second kappa shape index (κ2) is 7.92. The molecule has 0 atom stereocenters. The van der Waals surface area contributed by atoms with Gasteiger partial charge in [0, 0.05) is 10.6 Å². The Morgan fingerprint density at radius 3 is 2.65 bits per heavy atom. The lowest BCUT2D eigenvalue weighted by molar-refractivity contribution is 0.433. The Kier molecular flexibility index (Phi) is 5.09. The van der Waals surface area contributed by atoms with Gasteiger partial charge in [0.25, 0.3) is 11.4 Å². The van der Waals surface area contributed by atoms with Crippen LogP contribution in [-0.4, -0.2) is 19.7 Å². The summed E-state index contributed by atoms with van der Waals surface area (Å²) in [6, 6.07) is 14.7. The molecular weight excluding hydrogens is 455 g/mol. The average molecular weight is 469 g/mol. The molecule has 31 heavy (non-hydrogen) atoms. The molecule has 5 aromatic rings. The minimum Gasteiger partial charge on any atom is -0.333 e. The van der Waals surface area contributed by atoms with Crippen LogP contribution in [-0.2, 0) is 6.54 Å². The fraction of sp³-hybridized carbons (Fsp3) is 0.0909. The standard InChI is InChI=1S/C22H14Cl2N4O2S/c1-12-17-21(25-11-28(22(17)29)10-13-6-8-14(23)9-7-13)31-18(12)20-26-19(27-30-20)15-4-2-3-5-16(15)24/h2-9,11H,10H2,1H3. The zero-order chi connectivity index (χ0) is 21.5. The number of halogens is 2. The summed E-state index contributed by atoms with van der Waals surface area (Å²) < 4.78 is 7.07. The van der Waals surface area contributed by atoms with E-state index >= 15 is 0 Å². The van der Waals surface area contributed by atoms with Crippen molar-refractivity contribution in [1.82, 2.24) is 19.7 Å². The van der Waals surface area contributed by atoms with Crippen LogP contribution in [0.1, 0.15) is 11.1 Å². The van der Waals surface area contributed by atoms with Gasteiger partial charge in [-0.3, -0.25) is 9.36 Å². The first-order chi connectivity index (χ1) is 15.0. The first-order valence-electron chi connectivity index (χ1n) is 9.33. The van der Waals surface area contributed by atoms with E-state index in [2.05, 4.69) is 15.1 Å². The molecule has 0 bridgehead atoms. The summed E-state index contributed by atoms with van der Waals surface area (Å²) >= 11 is 13.5. The molecule has 0 N–H and O–H groups in total. The fourth-order valence-electron chi connectivity index (χ4n) is 3.33. The van der Waals surface area contributed by atoms with E-state index in [1.54, 1.807) is 29.1 Å². The topological polar surface area (TPSA) is 73.8 Å². The van der Waals surface area contributed by atoms with Crippen LogP contribution in [0.2, 0.25) is 10.0 Å². The minimum atomic E-state index is -0.120. The van der Waals surface area contributed by atoms with Gasteiger partial charge in [-0.2, -0.15) is 4.98 Å². The van der Waals surface area contributed by atoms with Crippen LogP contribution in [0.4, 0.5) is 0 Å². The summed E-state index contributed by atoms with van der Waals surface area (Å²) in [6.07, 6.45) is 1.56. The highest BCUT2D eigenvalue weighted by molar-refractivity contribution is 7.22. The second-order valence-electron chi connectivity index (χ2n) is 6.94. The molecule has 3 aromatic heterocycles. The SMILES string of the molecule is Cc1c(-c2nc(-c3ccccc3Cl)no2)sc2ncn(Cc3ccc(Cl)cc3)c(=O)c12. The van der Waals surface area contributed by atoms with Crippen molar-refractivity contribution in [2.24, 2.45) is 0 Å². The Hall–Kier alpha value is -3.00. The van der Waals surface area contributed by atoms with E-state index in [0.29, 0.717) is 44.1 Å². The van der Waals surface area contributed by atoms with Gasteiger partial charge in [-0.15, -0.1) is 11.3 Å². The van der Waals surface area contributed by atoms with Crippen molar-refractivity contribution in [3.63, 3.8) is 0 Å². The number of hydrogen-bond donors (Lipinski definition) is 0. The summed E-state index contributed by atoms with van der Waals surface area (Å²) in [5.41, 5.74) is 2.28. The molecule has 0 spiro atoms. The Morgan fingerprint density at radius 2 is 1.87 bits per heavy atom. The van der Waals surface area contributed by atoms with Crippen LogP contribution in [0, 0.1) is 6.92 Å². The molecule has 5 rings (SSSR count). The Labute approximate surface area is 190 Å². The molecule has 3 heterocycles. The Bertz CT molecular complexity index is 1470. The maximum absolute atomic E-state index is 13.2. The molecule has 9 heteroatoms. The minimum absolute atomic E-state index is 0.120. The fourth-order valence-corrected chi connectivity index (χ4v) is 4.74. The Morgan fingerprint density at radius 1 is 1.10 bits per heavy atom. The summed E-state index contributed by atoms with van der Waals surface area (Å²) in [4.78, 5) is 23.5. The van der Waals surface area contributed by atoms with Gasteiger partial charge in [-0.05, 0) is 42.3 Å². The summed E-state index contributed by atoms with van der Waals surface area (Å²) in [5.74, 6) is 0.727. The van der Waals surface area contributed by atoms with Gasteiger partial charge in [-0.1, -0.05) is 52.6 Å². The number of rotatable bonds is 4. The number of aryl methyl sites for hydroxylation is 1. The first-order valence-corrected chi connectivity index (χ1v) is 10.9. The second-order valence-corrected chi connectivity index (χ2v) is 8.79. The molecule has 0 unspecified atom stereocenters. The van der Waals surface area contributed by atoms with Crippen LogP contribution in [0.3, 0.4) is 0 Å². The molecule has 0 saturated carbocycles. The highest BCUT2D eigenvalue weighted by Crippen LogP contribution is 2.36. The smallest absolute Gasteiger partial charge is 0.268 e. The number of hydrogen-bond acceptors (Lipinski definition) is 6. The summed E-state index contributed by atoms with van der Waals surface area (Å²) in [5, 5.41) is 5.80. The third-order valence-electron chi connectivity index (χ3n) is 4.92. The highest BCUT2D eigenvalue weighted by Gasteiger charge is 2.21. The van der Waals surface area contributed by atoms with E-state index in [9.17, 15) is 4.79 Å². The normalized spacial score (nSPS) is 11.3. The Balaban J connectivity index is 1.55. The maximum Gasteiger partial charge on any atom is 0.268 e. The molecule has 154 valence electrons. The van der Waals surface area contributed by atoms with Crippen molar-refractivity contribution in [2.45, 2.75) is 13.5 Å². The van der Waals surface area contributed by atoms with Crippen LogP contribution in [0.5, 0.6) is 0 Å². The molecule has 0 amide bonds. The van der Waals surface area contributed by atoms with Crippen LogP contribution >= 0.6 is 34.5 Å². The van der Waals surface area contributed by atoms with E-state index in [-0.39, 0.29) is 5.56 Å². The van der Waals surface area contributed by atoms with Crippen molar-refractivity contribution in [3.05, 3.63) is 86.4 Å². The summed E-state index contributed by atoms with van der Waals surface area (Å²) in [6.45, 7) is 2.27. The van der Waals surface area contributed by atoms with Gasteiger partial charge in [0.1, 0.15) is 4.83 Å². The van der Waals surface area contributed by atoms with Gasteiger partial charge in [0.15, 0.2) is 0 Å². The lowest BCUT2D eigenvalue weighted by Crippen LogP contribution is -2.21. The quantitative estimate of drug-likeness (QED) is 0.331. The molecular formula is C22H14Cl2N4O2S. The molecule has 0 aliphatic carbocycles. The maximum atomic E-state index is 13.2. The van der Waals surface area contributed by atoms with Crippen molar-refractivity contribution in [1.29, 1.82) is 0 Å². The van der Waals surface area contributed by atoms with Crippen LogP contribution in [0.25, 0.3) is 32.4 Å². The molecule has 0 fully saturated rings. The monoisotopic (exact) mass is 468 g/mol. The zero-order valence-electron chi connectivity index (χ0n) is 16.2. The zero-order valence-corrected chi connectivity index (χ0v) is 18.5. The van der Waals surface area contributed by atoms with E-state index in [4.69, 9.17) is 27.7 Å². The van der Waals surface area contributed by atoms with Crippen molar-refractivity contribution in [3.8, 4) is 22.2 Å². The molecule has 0 radical (unpaired) electrons. The van der Waals surface area contributed by atoms with E-state index in [0.717, 1.165) is 16.0 Å². The van der Waals surface area contributed by atoms with Crippen molar-refractivity contribution < 1.29 is 4.52 Å². The molecule has 6 nitrogen and oxygen atoms in total. The van der Waals surface area contributed by atoms with Crippen molar-refractivity contribution >= 4 is 44.8 Å². The van der Waals surface area contributed by atoms with Gasteiger partial charge < -0.3 is 4.52 Å². The first kappa shape index (κ1) is 19.9. The lowest BCUT2D eigenvalue weighted by atomic mass is 10.2. The molecule has 0 saturated heterocycles. The number of aromatic nitrogens is 4. The number of nitrogens with zero attached hydrogens (tertiary/aromatic N) is 4. The number of benzene rings is 2. The van der Waals surface area contributed by atoms with Gasteiger partial charge in [0.05, 0.1) is 28.2 Å². The lowest BCUT2D eigenvalue weighted by Gasteiger charge is -2.05. The predicted molar refractivity (Wildman–Crippen MR) is 123 cm³/mol. The summed E-state index contributed by atoms with van der Waals surface area (Å²) in [7, 11) is 0. The van der Waals surface area contributed by atoms with Crippen molar-refractivity contribution in [2.75, 3.05) is 0 Å². The number of fused-ring (bicyclic) bond motifs is 1. The predicted octanol–water partition coefficient (Wildman–Crippen LogP) is 5.84.